The third kappa shape index (κ3) is 7.07. The zero-order chi connectivity index (χ0) is 31.9. The largest absolute Gasteiger partial charge is 0.444 e. The van der Waals surface area contributed by atoms with Crippen molar-refractivity contribution in [3.05, 3.63) is 58.4 Å². The van der Waals surface area contributed by atoms with E-state index >= 15 is 0 Å². The SMILES string of the molecule is CC(C)(C)OC(=O)NCC(=O)NC[C@]1(O)C2CC1C[C@@H](S(=O)(=O)c1cc(C(=O)Nc3cc(F)c(F)c(F)c3)ccc1Cl)C2. The number of sulfone groups is 1. The van der Waals surface area contributed by atoms with Crippen LogP contribution in [0.3, 0.4) is 0 Å². The number of aliphatic hydroxyl groups is 1. The Morgan fingerprint density at radius 2 is 1.63 bits per heavy atom. The molecule has 0 heterocycles. The summed E-state index contributed by atoms with van der Waals surface area (Å²) in [5, 5.41) is 17.2. The number of benzene rings is 2. The number of halogens is 4. The van der Waals surface area contributed by atoms with Crippen LogP contribution in [0.15, 0.2) is 35.2 Å². The Labute approximate surface area is 251 Å². The predicted octanol–water partition coefficient (Wildman–Crippen LogP) is 3.95. The number of carbonyl (C=O) groups is 3. The second kappa shape index (κ2) is 12.0. The highest BCUT2D eigenvalue weighted by molar-refractivity contribution is 7.92. The molecule has 2 atom stereocenters. The van der Waals surface area contributed by atoms with Crippen LogP contribution >= 0.6 is 11.6 Å². The topological polar surface area (TPSA) is 151 Å². The van der Waals surface area contributed by atoms with E-state index in [1.807, 2.05) is 0 Å². The molecule has 15 heteroatoms. The molecule has 2 bridgehead atoms. The van der Waals surface area contributed by atoms with Gasteiger partial charge in [-0.05, 0) is 70.1 Å². The predicted molar refractivity (Wildman–Crippen MR) is 150 cm³/mol. The number of ether oxygens (including phenoxy) is 1. The number of anilines is 1. The highest BCUT2D eigenvalue weighted by atomic mass is 35.5. The van der Waals surface area contributed by atoms with E-state index in [-0.39, 0.29) is 47.1 Å². The van der Waals surface area contributed by atoms with Crippen LogP contribution in [0.4, 0.5) is 23.7 Å². The first-order chi connectivity index (χ1) is 19.9. The van der Waals surface area contributed by atoms with Gasteiger partial charge in [0.1, 0.15) is 5.60 Å². The van der Waals surface area contributed by atoms with Crippen molar-refractivity contribution in [3.63, 3.8) is 0 Å². The van der Waals surface area contributed by atoms with E-state index in [4.69, 9.17) is 16.3 Å². The highest BCUT2D eigenvalue weighted by Gasteiger charge is 2.60. The van der Waals surface area contributed by atoms with E-state index in [2.05, 4.69) is 16.0 Å². The maximum atomic E-state index is 13.6. The second-order valence-electron chi connectivity index (χ2n) is 11.7. The molecule has 3 fully saturated rings. The number of carbonyl (C=O) groups excluding carboxylic acids is 3. The van der Waals surface area contributed by atoms with Crippen LogP contribution in [0.5, 0.6) is 0 Å². The van der Waals surface area contributed by atoms with E-state index in [1.54, 1.807) is 20.8 Å². The molecule has 3 aliphatic carbocycles. The van der Waals surface area contributed by atoms with E-state index in [0.29, 0.717) is 18.6 Å². The number of amides is 3. The Bertz CT molecular complexity index is 1530. The van der Waals surface area contributed by atoms with Crippen molar-refractivity contribution in [2.45, 2.75) is 61.4 Å². The lowest BCUT2D eigenvalue weighted by Crippen LogP contribution is -2.66. The van der Waals surface area contributed by atoms with Crippen molar-refractivity contribution >= 4 is 45.0 Å². The maximum Gasteiger partial charge on any atom is 0.408 e. The average molecular weight is 646 g/mol. The minimum absolute atomic E-state index is 0.0717. The molecular formula is C28H31ClF3N3O7S. The third-order valence-electron chi connectivity index (χ3n) is 7.62. The molecule has 3 saturated carbocycles. The summed E-state index contributed by atoms with van der Waals surface area (Å²) in [7, 11) is -4.10. The van der Waals surface area contributed by atoms with Crippen LogP contribution in [-0.2, 0) is 19.4 Å². The van der Waals surface area contributed by atoms with Crippen molar-refractivity contribution < 1.29 is 45.8 Å². The molecule has 0 radical (unpaired) electrons. The molecular weight excluding hydrogens is 615 g/mol. The summed E-state index contributed by atoms with van der Waals surface area (Å²) in [6.45, 7) is 4.52. The van der Waals surface area contributed by atoms with E-state index in [1.165, 1.54) is 12.1 Å². The fourth-order valence-corrected chi connectivity index (χ4v) is 7.84. The van der Waals surface area contributed by atoms with Crippen molar-refractivity contribution in [2.75, 3.05) is 18.4 Å². The van der Waals surface area contributed by atoms with Crippen molar-refractivity contribution in [3.8, 4) is 0 Å². The van der Waals surface area contributed by atoms with Gasteiger partial charge in [0.25, 0.3) is 5.91 Å². The molecule has 2 aromatic rings. The van der Waals surface area contributed by atoms with Gasteiger partial charge in [0, 0.05) is 29.9 Å². The number of alkyl carbamates (subject to hydrolysis) is 1. The van der Waals surface area contributed by atoms with Crippen LogP contribution in [0.25, 0.3) is 0 Å². The van der Waals surface area contributed by atoms with Gasteiger partial charge in [0.05, 0.1) is 27.3 Å². The van der Waals surface area contributed by atoms with Crippen LogP contribution in [-0.4, -0.2) is 61.0 Å². The summed E-state index contributed by atoms with van der Waals surface area (Å²) in [6.07, 6.45) is -0.0756. The quantitative estimate of drug-likeness (QED) is 0.317. The van der Waals surface area contributed by atoms with Crippen LogP contribution in [0.1, 0.15) is 50.4 Å². The minimum atomic E-state index is -4.10. The molecule has 3 amide bonds. The smallest absolute Gasteiger partial charge is 0.408 e. The molecule has 0 aliphatic heterocycles. The molecule has 234 valence electrons. The summed E-state index contributed by atoms with van der Waals surface area (Å²) in [4.78, 5) is 36.4. The molecule has 10 nitrogen and oxygen atoms in total. The van der Waals surface area contributed by atoms with Gasteiger partial charge in [-0.2, -0.15) is 0 Å². The fourth-order valence-electron chi connectivity index (χ4n) is 5.44. The molecule has 0 aromatic heterocycles. The molecule has 0 spiro atoms. The van der Waals surface area contributed by atoms with Gasteiger partial charge < -0.3 is 25.8 Å². The Morgan fingerprint density at radius 1 is 1.02 bits per heavy atom. The highest BCUT2D eigenvalue weighted by Crippen LogP contribution is 2.55. The Morgan fingerprint density at radius 3 is 2.21 bits per heavy atom. The van der Waals surface area contributed by atoms with Gasteiger partial charge >= 0.3 is 6.09 Å². The first kappa shape index (κ1) is 32.6. The normalized spacial score (nSPS) is 23.1. The fraction of sp³-hybridized carbons (Fsp3) is 0.464. The summed E-state index contributed by atoms with van der Waals surface area (Å²) < 4.78 is 72.6. The van der Waals surface area contributed by atoms with Crippen LogP contribution < -0.4 is 16.0 Å². The maximum absolute atomic E-state index is 13.6. The van der Waals surface area contributed by atoms with Gasteiger partial charge in [0.15, 0.2) is 27.3 Å². The van der Waals surface area contributed by atoms with Gasteiger partial charge in [-0.15, -0.1) is 0 Å². The standard InChI is InChI=1S/C28H31ClF3N3O7S/c1-27(2,3)42-26(38)33-12-23(36)34-13-28(39)15-7-16(28)9-18(8-15)43(40,41)22-6-14(4-5-19(22)29)25(37)35-17-10-20(30)24(32)21(31)11-17/h4-6,10-11,15-16,18,39H,7-9,12-13H2,1-3H3,(H,33,38)(H,34,36)(H,35,37)/t15?,16?,18-,28-. The van der Waals surface area contributed by atoms with E-state index < -0.39 is 73.5 Å². The lowest BCUT2D eigenvalue weighted by Gasteiger charge is -2.58. The first-order valence-corrected chi connectivity index (χ1v) is 15.3. The molecule has 5 rings (SSSR count). The lowest BCUT2D eigenvalue weighted by molar-refractivity contribution is -0.174. The third-order valence-corrected chi connectivity index (χ3v) is 10.3. The second-order valence-corrected chi connectivity index (χ2v) is 14.3. The Balaban J connectivity index is 1.39. The molecule has 43 heavy (non-hydrogen) atoms. The van der Waals surface area contributed by atoms with Crippen molar-refractivity contribution in [1.82, 2.24) is 10.6 Å². The van der Waals surface area contributed by atoms with E-state index in [0.717, 1.165) is 6.07 Å². The zero-order valence-electron chi connectivity index (χ0n) is 23.5. The lowest BCUT2D eigenvalue weighted by atomic mass is 9.53. The van der Waals surface area contributed by atoms with Crippen molar-refractivity contribution in [1.29, 1.82) is 0 Å². The van der Waals surface area contributed by atoms with Crippen molar-refractivity contribution in [2.24, 2.45) is 11.8 Å². The molecule has 4 N–H and O–H groups in total. The monoisotopic (exact) mass is 645 g/mol. The van der Waals surface area contributed by atoms with Gasteiger partial charge in [-0.3, -0.25) is 9.59 Å². The van der Waals surface area contributed by atoms with Gasteiger partial charge in [0.2, 0.25) is 5.91 Å². The number of hydrogen-bond acceptors (Lipinski definition) is 7. The number of fused-ring (bicyclic) bond motifs is 2. The first-order valence-electron chi connectivity index (χ1n) is 13.4. The van der Waals surface area contributed by atoms with Crippen LogP contribution in [0.2, 0.25) is 5.02 Å². The van der Waals surface area contributed by atoms with Gasteiger partial charge in [-0.1, -0.05) is 11.6 Å². The Hall–Kier alpha value is -3.36. The Kier molecular flexibility index (Phi) is 9.06. The zero-order valence-corrected chi connectivity index (χ0v) is 25.0. The summed E-state index contributed by atoms with van der Waals surface area (Å²) in [5.74, 6) is -7.08. The molecule has 2 aromatic carbocycles. The number of rotatable bonds is 8. The molecule has 2 unspecified atom stereocenters. The average Bonchev–Trinajstić information content (AvgIpc) is 2.92. The van der Waals surface area contributed by atoms with E-state index in [9.17, 15) is 41.1 Å². The van der Waals surface area contributed by atoms with Gasteiger partial charge in [-0.25, -0.2) is 26.4 Å². The number of nitrogens with one attached hydrogen (secondary N) is 3. The van der Waals surface area contributed by atoms with Crippen LogP contribution in [0, 0.1) is 29.3 Å². The number of hydrogen-bond donors (Lipinski definition) is 4. The summed E-state index contributed by atoms with van der Waals surface area (Å²) in [6, 6.07) is 4.65. The molecule has 0 saturated heterocycles. The summed E-state index contributed by atoms with van der Waals surface area (Å²) in [5.41, 5.74) is -2.62. The molecule has 3 aliphatic rings. The minimum Gasteiger partial charge on any atom is -0.444 e. The summed E-state index contributed by atoms with van der Waals surface area (Å²) >= 11 is 6.21.